The van der Waals surface area contributed by atoms with Crippen molar-refractivity contribution in [3.8, 4) is 11.5 Å². The number of fused-ring (bicyclic) bond motifs is 1. The summed E-state index contributed by atoms with van der Waals surface area (Å²) in [4.78, 5) is 25.6. The van der Waals surface area contributed by atoms with E-state index in [0.717, 1.165) is 5.56 Å². The molecule has 2 N–H and O–H groups in total. The van der Waals surface area contributed by atoms with Crippen molar-refractivity contribution in [1.82, 2.24) is 15.5 Å². The highest BCUT2D eigenvalue weighted by molar-refractivity contribution is 5.86. The Bertz CT molecular complexity index is 572. The molecule has 23 heavy (non-hydrogen) atoms. The molecule has 0 fully saturated rings. The number of amides is 3. The third-order valence-corrected chi connectivity index (χ3v) is 3.69. The molecule has 126 valence electrons. The van der Waals surface area contributed by atoms with Gasteiger partial charge in [0.05, 0.1) is 0 Å². The molecular formula is C16H23N3O4. The molecule has 0 spiro atoms. The lowest BCUT2D eigenvalue weighted by Crippen LogP contribution is -2.49. The molecule has 3 amide bonds. The SMILES string of the molecule is CCN(CC)C(=O)N[C@H](C)C(=O)NCc1ccc2c(c1)OCO2. The molecule has 1 heterocycles. The molecule has 7 nitrogen and oxygen atoms in total. The first-order valence-corrected chi connectivity index (χ1v) is 7.76. The summed E-state index contributed by atoms with van der Waals surface area (Å²) in [5, 5.41) is 5.49. The van der Waals surface area contributed by atoms with Crippen LogP contribution in [0, 0.1) is 0 Å². The van der Waals surface area contributed by atoms with E-state index in [9.17, 15) is 9.59 Å². The van der Waals surface area contributed by atoms with Crippen molar-refractivity contribution in [2.24, 2.45) is 0 Å². The van der Waals surface area contributed by atoms with E-state index in [1.165, 1.54) is 0 Å². The quantitative estimate of drug-likeness (QED) is 0.831. The van der Waals surface area contributed by atoms with Crippen molar-refractivity contribution in [2.75, 3.05) is 19.9 Å². The Hall–Kier alpha value is -2.44. The highest BCUT2D eigenvalue weighted by Gasteiger charge is 2.18. The third kappa shape index (κ3) is 4.28. The number of ether oxygens (including phenoxy) is 2. The molecule has 0 aromatic heterocycles. The zero-order valence-electron chi connectivity index (χ0n) is 13.7. The van der Waals surface area contributed by atoms with Crippen LogP contribution in [0.1, 0.15) is 26.3 Å². The summed E-state index contributed by atoms with van der Waals surface area (Å²) in [6, 6.07) is 4.68. The van der Waals surface area contributed by atoms with Crippen LogP contribution in [0.15, 0.2) is 18.2 Å². The summed E-state index contributed by atoms with van der Waals surface area (Å²) in [7, 11) is 0. The number of urea groups is 1. The number of nitrogens with zero attached hydrogens (tertiary/aromatic N) is 1. The summed E-state index contributed by atoms with van der Waals surface area (Å²) in [5.74, 6) is 1.16. The lowest BCUT2D eigenvalue weighted by molar-refractivity contribution is -0.122. The van der Waals surface area contributed by atoms with Gasteiger partial charge in [0, 0.05) is 19.6 Å². The fraction of sp³-hybridized carbons (Fsp3) is 0.500. The number of rotatable bonds is 6. The van der Waals surface area contributed by atoms with E-state index < -0.39 is 6.04 Å². The van der Waals surface area contributed by atoms with Gasteiger partial charge in [0.2, 0.25) is 12.7 Å². The van der Waals surface area contributed by atoms with Crippen LogP contribution in [0.2, 0.25) is 0 Å². The number of hydrogen-bond acceptors (Lipinski definition) is 4. The maximum atomic E-state index is 12.1. The maximum absolute atomic E-state index is 12.1. The van der Waals surface area contributed by atoms with Gasteiger partial charge in [-0.25, -0.2) is 4.79 Å². The fourth-order valence-electron chi connectivity index (χ4n) is 2.25. The van der Waals surface area contributed by atoms with Crippen LogP contribution in [0.5, 0.6) is 11.5 Å². The van der Waals surface area contributed by atoms with Crippen LogP contribution in [-0.4, -0.2) is 42.8 Å². The van der Waals surface area contributed by atoms with Crippen LogP contribution in [-0.2, 0) is 11.3 Å². The second-order valence-electron chi connectivity index (χ2n) is 5.25. The zero-order chi connectivity index (χ0) is 16.8. The first-order chi connectivity index (χ1) is 11.0. The topological polar surface area (TPSA) is 79.9 Å². The van der Waals surface area contributed by atoms with Crippen LogP contribution in [0.4, 0.5) is 4.79 Å². The summed E-state index contributed by atoms with van der Waals surface area (Å²) in [5.41, 5.74) is 0.907. The van der Waals surface area contributed by atoms with Gasteiger partial charge in [0.1, 0.15) is 6.04 Å². The van der Waals surface area contributed by atoms with Crippen molar-refractivity contribution >= 4 is 11.9 Å². The smallest absolute Gasteiger partial charge is 0.318 e. The van der Waals surface area contributed by atoms with Crippen LogP contribution in [0.25, 0.3) is 0 Å². The molecular weight excluding hydrogens is 298 g/mol. The van der Waals surface area contributed by atoms with Crippen LogP contribution in [0.3, 0.4) is 0 Å². The van der Waals surface area contributed by atoms with Gasteiger partial charge < -0.3 is 25.0 Å². The van der Waals surface area contributed by atoms with E-state index in [0.29, 0.717) is 31.1 Å². The number of hydrogen-bond donors (Lipinski definition) is 2. The van der Waals surface area contributed by atoms with Crippen LogP contribution < -0.4 is 20.1 Å². The van der Waals surface area contributed by atoms with Gasteiger partial charge in [0.25, 0.3) is 0 Å². The molecule has 1 aliphatic rings. The predicted molar refractivity (Wildman–Crippen MR) is 85.3 cm³/mol. The minimum absolute atomic E-state index is 0.222. The Kier molecular flexibility index (Phi) is 5.67. The van der Waals surface area contributed by atoms with Crippen molar-refractivity contribution in [1.29, 1.82) is 0 Å². The maximum Gasteiger partial charge on any atom is 0.318 e. The lowest BCUT2D eigenvalue weighted by atomic mass is 10.2. The standard InChI is InChI=1S/C16H23N3O4/c1-4-19(5-2)16(21)18-11(3)15(20)17-9-12-6-7-13-14(8-12)23-10-22-13/h6-8,11H,4-5,9-10H2,1-3H3,(H,17,20)(H,18,21)/t11-/m1/s1. The Morgan fingerprint density at radius 3 is 2.61 bits per heavy atom. The minimum Gasteiger partial charge on any atom is -0.454 e. The molecule has 0 aliphatic carbocycles. The van der Waals surface area contributed by atoms with Gasteiger partial charge >= 0.3 is 6.03 Å². The van der Waals surface area contributed by atoms with Crippen LogP contribution >= 0.6 is 0 Å². The minimum atomic E-state index is -0.600. The van der Waals surface area contributed by atoms with E-state index in [1.807, 2.05) is 32.0 Å². The first kappa shape index (κ1) is 16.9. The normalized spacial score (nSPS) is 13.3. The Balaban J connectivity index is 1.83. The zero-order valence-corrected chi connectivity index (χ0v) is 13.7. The van der Waals surface area contributed by atoms with Crippen molar-refractivity contribution < 1.29 is 19.1 Å². The van der Waals surface area contributed by atoms with Crippen molar-refractivity contribution in [3.05, 3.63) is 23.8 Å². The van der Waals surface area contributed by atoms with E-state index in [2.05, 4.69) is 10.6 Å². The Morgan fingerprint density at radius 2 is 1.91 bits per heavy atom. The van der Waals surface area contributed by atoms with Gasteiger partial charge in [0.15, 0.2) is 11.5 Å². The number of nitrogens with one attached hydrogen (secondary N) is 2. The Morgan fingerprint density at radius 1 is 1.22 bits per heavy atom. The summed E-state index contributed by atoms with van der Waals surface area (Å²) in [6.07, 6.45) is 0. The number of carbonyl (C=O) groups is 2. The van der Waals surface area contributed by atoms with Gasteiger partial charge in [-0.15, -0.1) is 0 Å². The van der Waals surface area contributed by atoms with E-state index >= 15 is 0 Å². The molecule has 0 radical (unpaired) electrons. The van der Waals surface area contributed by atoms with Crippen molar-refractivity contribution in [3.63, 3.8) is 0 Å². The van der Waals surface area contributed by atoms with Crippen molar-refractivity contribution in [2.45, 2.75) is 33.4 Å². The first-order valence-electron chi connectivity index (χ1n) is 7.76. The monoisotopic (exact) mass is 321 g/mol. The highest BCUT2D eigenvalue weighted by atomic mass is 16.7. The van der Waals surface area contributed by atoms with Gasteiger partial charge in [-0.05, 0) is 38.5 Å². The highest BCUT2D eigenvalue weighted by Crippen LogP contribution is 2.32. The molecule has 0 unspecified atom stereocenters. The van der Waals surface area contributed by atoms with E-state index in [4.69, 9.17) is 9.47 Å². The average molecular weight is 321 g/mol. The molecule has 1 aromatic rings. The number of carbonyl (C=O) groups excluding carboxylic acids is 2. The second kappa shape index (κ2) is 7.71. The second-order valence-corrected chi connectivity index (χ2v) is 5.25. The predicted octanol–water partition coefficient (Wildman–Crippen LogP) is 1.47. The van der Waals surface area contributed by atoms with E-state index in [-0.39, 0.29) is 18.7 Å². The molecule has 0 saturated carbocycles. The largest absolute Gasteiger partial charge is 0.454 e. The summed E-state index contributed by atoms with van der Waals surface area (Å²) in [6.45, 7) is 7.25. The van der Waals surface area contributed by atoms with Gasteiger partial charge in [-0.2, -0.15) is 0 Å². The van der Waals surface area contributed by atoms with E-state index in [1.54, 1.807) is 11.8 Å². The summed E-state index contributed by atoms with van der Waals surface area (Å²) < 4.78 is 10.5. The lowest BCUT2D eigenvalue weighted by Gasteiger charge is -2.22. The molecule has 2 rings (SSSR count). The molecule has 0 bridgehead atoms. The van der Waals surface area contributed by atoms with Gasteiger partial charge in [-0.3, -0.25) is 4.79 Å². The number of benzene rings is 1. The third-order valence-electron chi connectivity index (χ3n) is 3.69. The summed E-state index contributed by atoms with van der Waals surface area (Å²) >= 11 is 0. The average Bonchev–Trinajstić information content (AvgIpc) is 3.01. The molecule has 0 saturated heterocycles. The molecule has 1 aromatic carbocycles. The molecule has 7 heteroatoms. The molecule has 1 atom stereocenters. The Labute approximate surface area is 135 Å². The van der Waals surface area contributed by atoms with Gasteiger partial charge in [-0.1, -0.05) is 6.07 Å². The molecule has 1 aliphatic heterocycles. The fourth-order valence-corrected chi connectivity index (χ4v) is 2.25.